The number of primary amides is 1. The minimum absolute atomic E-state index is 0.179. The van der Waals surface area contributed by atoms with Gasteiger partial charge in [-0.05, 0) is 37.1 Å². The molecule has 4 rings (SSSR count). The fourth-order valence-corrected chi connectivity index (χ4v) is 3.72. The van der Waals surface area contributed by atoms with Gasteiger partial charge in [-0.15, -0.1) is 0 Å². The first-order valence-corrected chi connectivity index (χ1v) is 9.33. The van der Waals surface area contributed by atoms with Crippen molar-refractivity contribution in [3.05, 3.63) is 72.7 Å². The van der Waals surface area contributed by atoms with E-state index in [0.29, 0.717) is 36.5 Å². The molecule has 2 amide bonds. The number of carbonyl (C=O) groups excluding carboxylic acids is 2. The highest BCUT2D eigenvalue weighted by atomic mass is 16.2. The predicted molar refractivity (Wildman–Crippen MR) is 106 cm³/mol. The SMILES string of the molecule is NC(=O)C1(c2ccccn2)CCCN(C(=O)c2cccc(-c3cncnc3)n2)C1. The Morgan fingerprint density at radius 3 is 2.62 bits per heavy atom. The van der Waals surface area contributed by atoms with Crippen LogP contribution in [0.3, 0.4) is 0 Å². The summed E-state index contributed by atoms with van der Waals surface area (Å²) >= 11 is 0. The second-order valence-corrected chi connectivity index (χ2v) is 7.03. The van der Waals surface area contributed by atoms with E-state index in [4.69, 9.17) is 5.73 Å². The van der Waals surface area contributed by atoms with Gasteiger partial charge in [0.2, 0.25) is 5.91 Å². The molecule has 1 saturated heterocycles. The predicted octanol–water partition coefficient (Wildman–Crippen LogP) is 1.59. The molecule has 29 heavy (non-hydrogen) atoms. The van der Waals surface area contributed by atoms with Crippen molar-refractivity contribution >= 4 is 11.8 Å². The molecule has 2 N–H and O–H groups in total. The molecule has 0 aliphatic carbocycles. The van der Waals surface area contributed by atoms with Crippen molar-refractivity contribution in [3.8, 4) is 11.3 Å². The minimum Gasteiger partial charge on any atom is -0.369 e. The normalized spacial score (nSPS) is 19.0. The third kappa shape index (κ3) is 3.56. The molecule has 8 nitrogen and oxygen atoms in total. The second kappa shape index (κ2) is 7.75. The summed E-state index contributed by atoms with van der Waals surface area (Å²) < 4.78 is 0. The number of piperidine rings is 1. The van der Waals surface area contributed by atoms with Crippen LogP contribution in [0.1, 0.15) is 29.0 Å². The first-order valence-electron chi connectivity index (χ1n) is 9.33. The summed E-state index contributed by atoms with van der Waals surface area (Å²) in [7, 11) is 0. The Kier molecular flexibility index (Phi) is 4.99. The Hall–Kier alpha value is -3.68. The number of aromatic nitrogens is 4. The van der Waals surface area contributed by atoms with E-state index < -0.39 is 11.3 Å². The maximum absolute atomic E-state index is 13.2. The lowest BCUT2D eigenvalue weighted by molar-refractivity contribution is -0.125. The number of hydrogen-bond acceptors (Lipinski definition) is 6. The summed E-state index contributed by atoms with van der Waals surface area (Å²) in [6.07, 6.45) is 7.56. The van der Waals surface area contributed by atoms with Gasteiger partial charge in [-0.2, -0.15) is 0 Å². The van der Waals surface area contributed by atoms with Gasteiger partial charge >= 0.3 is 0 Å². The number of nitrogens with two attached hydrogens (primary N) is 1. The molecule has 0 bridgehead atoms. The number of pyridine rings is 2. The van der Waals surface area contributed by atoms with Crippen molar-refractivity contribution < 1.29 is 9.59 Å². The average Bonchev–Trinajstić information content (AvgIpc) is 2.79. The summed E-state index contributed by atoms with van der Waals surface area (Å²) in [5.41, 5.74) is 7.01. The highest BCUT2D eigenvalue weighted by molar-refractivity contribution is 5.94. The van der Waals surface area contributed by atoms with Crippen LogP contribution in [0.15, 0.2) is 61.3 Å². The van der Waals surface area contributed by atoms with Gasteiger partial charge in [-0.25, -0.2) is 15.0 Å². The molecule has 1 atom stereocenters. The van der Waals surface area contributed by atoms with Crippen molar-refractivity contribution in [2.45, 2.75) is 18.3 Å². The lowest BCUT2D eigenvalue weighted by Gasteiger charge is -2.40. The maximum Gasteiger partial charge on any atom is 0.272 e. The van der Waals surface area contributed by atoms with Crippen LogP contribution in [0.4, 0.5) is 0 Å². The van der Waals surface area contributed by atoms with E-state index in [1.54, 1.807) is 53.8 Å². The van der Waals surface area contributed by atoms with E-state index in [9.17, 15) is 9.59 Å². The van der Waals surface area contributed by atoms with Gasteiger partial charge in [0.05, 0.1) is 11.4 Å². The number of hydrogen-bond donors (Lipinski definition) is 1. The molecule has 8 heteroatoms. The Bertz CT molecular complexity index is 1030. The van der Waals surface area contributed by atoms with Crippen LogP contribution in [0.2, 0.25) is 0 Å². The Balaban J connectivity index is 1.63. The van der Waals surface area contributed by atoms with E-state index in [0.717, 1.165) is 5.56 Å². The molecule has 0 radical (unpaired) electrons. The smallest absolute Gasteiger partial charge is 0.272 e. The maximum atomic E-state index is 13.2. The van der Waals surface area contributed by atoms with E-state index >= 15 is 0 Å². The van der Waals surface area contributed by atoms with Gasteiger partial charge in [0.25, 0.3) is 5.91 Å². The lowest BCUT2D eigenvalue weighted by atomic mass is 9.76. The van der Waals surface area contributed by atoms with Crippen molar-refractivity contribution in [1.29, 1.82) is 0 Å². The van der Waals surface area contributed by atoms with E-state index in [1.165, 1.54) is 6.33 Å². The molecule has 0 spiro atoms. The lowest BCUT2D eigenvalue weighted by Crippen LogP contribution is -2.55. The van der Waals surface area contributed by atoms with Crippen LogP contribution < -0.4 is 5.73 Å². The summed E-state index contributed by atoms with van der Waals surface area (Å²) in [6, 6.07) is 10.6. The third-order valence-corrected chi connectivity index (χ3v) is 5.23. The molecule has 0 saturated carbocycles. The fraction of sp³-hybridized carbons (Fsp3) is 0.238. The van der Waals surface area contributed by atoms with E-state index in [2.05, 4.69) is 19.9 Å². The number of likely N-dealkylation sites (tertiary alicyclic amines) is 1. The fourth-order valence-electron chi connectivity index (χ4n) is 3.72. The topological polar surface area (TPSA) is 115 Å². The standard InChI is InChI=1S/C21H20N6O2/c22-20(29)21(18-7-1-2-9-25-18)8-4-10-27(13-21)19(28)17-6-3-5-16(26-17)15-11-23-14-24-12-15/h1-3,5-7,9,11-12,14H,4,8,10,13H2,(H2,22,29). The summed E-state index contributed by atoms with van der Waals surface area (Å²) in [6.45, 7) is 0.708. The molecule has 3 aromatic heterocycles. The van der Waals surface area contributed by atoms with E-state index in [-0.39, 0.29) is 12.5 Å². The van der Waals surface area contributed by atoms with Crippen LogP contribution >= 0.6 is 0 Å². The summed E-state index contributed by atoms with van der Waals surface area (Å²) in [4.78, 5) is 44.1. The number of rotatable bonds is 4. The van der Waals surface area contributed by atoms with Crippen LogP contribution in [0, 0.1) is 0 Å². The largest absolute Gasteiger partial charge is 0.369 e. The Labute approximate surface area is 167 Å². The number of carbonyl (C=O) groups is 2. The van der Waals surface area contributed by atoms with Crippen molar-refractivity contribution in [3.63, 3.8) is 0 Å². The molecule has 146 valence electrons. The monoisotopic (exact) mass is 388 g/mol. The van der Waals surface area contributed by atoms with Crippen molar-refractivity contribution in [2.75, 3.05) is 13.1 Å². The Morgan fingerprint density at radius 1 is 1.07 bits per heavy atom. The van der Waals surface area contributed by atoms with Gasteiger partial charge in [0.1, 0.15) is 17.4 Å². The third-order valence-electron chi connectivity index (χ3n) is 5.23. The highest BCUT2D eigenvalue weighted by Gasteiger charge is 2.45. The first kappa shape index (κ1) is 18.7. The molecule has 1 fully saturated rings. The quantitative estimate of drug-likeness (QED) is 0.726. The number of nitrogens with zero attached hydrogens (tertiary/aromatic N) is 5. The Morgan fingerprint density at radius 2 is 1.90 bits per heavy atom. The van der Waals surface area contributed by atoms with Crippen LogP contribution in [0.5, 0.6) is 0 Å². The van der Waals surface area contributed by atoms with Gasteiger partial charge in [0.15, 0.2) is 0 Å². The minimum atomic E-state index is -1.000. The molecule has 4 heterocycles. The van der Waals surface area contributed by atoms with Gasteiger partial charge in [-0.1, -0.05) is 12.1 Å². The molecule has 1 aliphatic rings. The molecular weight excluding hydrogens is 368 g/mol. The zero-order valence-corrected chi connectivity index (χ0v) is 15.7. The highest BCUT2D eigenvalue weighted by Crippen LogP contribution is 2.33. The van der Waals surface area contributed by atoms with Crippen LogP contribution in [-0.2, 0) is 10.2 Å². The zero-order valence-electron chi connectivity index (χ0n) is 15.7. The van der Waals surface area contributed by atoms with Crippen molar-refractivity contribution in [1.82, 2.24) is 24.8 Å². The van der Waals surface area contributed by atoms with Gasteiger partial charge < -0.3 is 10.6 Å². The summed E-state index contributed by atoms with van der Waals surface area (Å²) in [5.74, 6) is -0.721. The van der Waals surface area contributed by atoms with Crippen LogP contribution in [0.25, 0.3) is 11.3 Å². The first-order chi connectivity index (χ1) is 14.1. The molecule has 0 aromatic carbocycles. The van der Waals surface area contributed by atoms with Crippen molar-refractivity contribution in [2.24, 2.45) is 5.73 Å². The molecule has 1 aliphatic heterocycles. The van der Waals surface area contributed by atoms with Crippen LogP contribution in [-0.4, -0.2) is 49.7 Å². The average molecular weight is 388 g/mol. The van der Waals surface area contributed by atoms with Gasteiger partial charge in [-0.3, -0.25) is 14.6 Å². The summed E-state index contributed by atoms with van der Waals surface area (Å²) in [5, 5.41) is 0. The van der Waals surface area contributed by atoms with E-state index in [1.807, 2.05) is 6.07 Å². The zero-order chi connectivity index (χ0) is 20.3. The molecule has 3 aromatic rings. The van der Waals surface area contributed by atoms with Gasteiger partial charge in [0, 0.05) is 37.2 Å². The molecular formula is C21H20N6O2. The number of amides is 2. The second-order valence-electron chi connectivity index (χ2n) is 7.03. The molecule has 1 unspecified atom stereocenters.